The highest BCUT2D eigenvalue weighted by Gasteiger charge is 2.46. The Kier molecular flexibility index (Phi) is 4.44. The molecule has 1 aromatic carbocycles. The predicted molar refractivity (Wildman–Crippen MR) is 104 cm³/mol. The van der Waals surface area contributed by atoms with Gasteiger partial charge in [-0.3, -0.25) is 14.7 Å². The third-order valence-electron chi connectivity index (χ3n) is 5.79. The molecule has 0 saturated carbocycles. The van der Waals surface area contributed by atoms with Gasteiger partial charge in [0.1, 0.15) is 18.4 Å². The van der Waals surface area contributed by atoms with Crippen molar-refractivity contribution >= 4 is 17.6 Å². The fourth-order valence-corrected chi connectivity index (χ4v) is 4.20. The summed E-state index contributed by atoms with van der Waals surface area (Å²) in [6.45, 7) is 1.25. The standard InChI is InChI=1S/C21H21N3O5/c25-10-20-17-11-28-19-7-12(2-4-16(19)24(17)21(27)29-20)13-1-3-15(23-8-13)14-5-6-22-9-18(14)26/h1-4,7-8,14,17,20,22,25H,5-6,9-11H2/t14?,17-,20-/m0/s1. The number of amides is 1. The van der Waals surface area contributed by atoms with Gasteiger partial charge in [-0.15, -0.1) is 0 Å². The van der Waals surface area contributed by atoms with Crippen molar-refractivity contribution in [1.82, 2.24) is 10.3 Å². The van der Waals surface area contributed by atoms with Crippen molar-refractivity contribution in [1.29, 1.82) is 0 Å². The topological polar surface area (TPSA) is 101 Å². The van der Waals surface area contributed by atoms with Crippen LogP contribution in [-0.4, -0.2) is 60.4 Å². The molecule has 2 fully saturated rings. The Morgan fingerprint density at radius 2 is 2.07 bits per heavy atom. The first kappa shape index (κ1) is 18.1. The first-order valence-electron chi connectivity index (χ1n) is 9.73. The molecular weight excluding hydrogens is 374 g/mol. The van der Waals surface area contributed by atoms with Crippen molar-refractivity contribution < 1.29 is 24.2 Å². The molecule has 4 heterocycles. The molecule has 0 aliphatic carbocycles. The summed E-state index contributed by atoms with van der Waals surface area (Å²) in [4.78, 5) is 30.4. The minimum Gasteiger partial charge on any atom is -0.489 e. The molecule has 3 aliphatic heterocycles. The van der Waals surface area contributed by atoms with Crippen LogP contribution in [0.15, 0.2) is 36.5 Å². The lowest BCUT2D eigenvalue weighted by Gasteiger charge is -2.31. The number of ether oxygens (including phenoxy) is 2. The van der Waals surface area contributed by atoms with Crippen molar-refractivity contribution in [3.05, 3.63) is 42.2 Å². The number of hydrogen-bond acceptors (Lipinski definition) is 7. The molecule has 150 valence electrons. The molecule has 0 radical (unpaired) electrons. The van der Waals surface area contributed by atoms with E-state index < -0.39 is 12.2 Å². The lowest BCUT2D eigenvalue weighted by Crippen LogP contribution is -2.45. The number of benzene rings is 1. The van der Waals surface area contributed by atoms with Crippen LogP contribution < -0.4 is 15.0 Å². The van der Waals surface area contributed by atoms with E-state index in [4.69, 9.17) is 9.47 Å². The van der Waals surface area contributed by atoms with Gasteiger partial charge in [0.25, 0.3) is 0 Å². The predicted octanol–water partition coefficient (Wildman–Crippen LogP) is 1.47. The van der Waals surface area contributed by atoms with Crippen molar-refractivity contribution in [3.8, 4) is 16.9 Å². The molecule has 0 spiro atoms. The zero-order valence-electron chi connectivity index (χ0n) is 15.7. The van der Waals surface area contributed by atoms with E-state index in [1.165, 1.54) is 0 Å². The van der Waals surface area contributed by atoms with Gasteiger partial charge in [-0.05, 0) is 36.7 Å². The highest BCUT2D eigenvalue weighted by Crippen LogP contribution is 2.41. The van der Waals surface area contributed by atoms with Gasteiger partial charge in [-0.25, -0.2) is 4.79 Å². The smallest absolute Gasteiger partial charge is 0.415 e. The number of ketones is 1. The van der Waals surface area contributed by atoms with Crippen LogP contribution in [0.4, 0.5) is 10.5 Å². The monoisotopic (exact) mass is 395 g/mol. The number of carbonyl (C=O) groups excluding carboxylic acids is 2. The van der Waals surface area contributed by atoms with Crippen molar-refractivity contribution in [2.75, 3.05) is 31.2 Å². The first-order chi connectivity index (χ1) is 14.2. The number of pyridine rings is 1. The number of nitrogens with one attached hydrogen (secondary N) is 1. The molecule has 1 aromatic heterocycles. The van der Waals surface area contributed by atoms with Crippen LogP contribution in [-0.2, 0) is 9.53 Å². The SMILES string of the molecule is O=C1CNCCC1c1ccc(-c2ccc3c(c2)OC[C@H]2[C@H](CO)OC(=O)N32)cn1. The van der Waals surface area contributed by atoms with Crippen LogP contribution in [0, 0.1) is 0 Å². The van der Waals surface area contributed by atoms with Gasteiger partial charge >= 0.3 is 6.09 Å². The number of carbonyl (C=O) groups is 2. The number of aliphatic hydroxyl groups excluding tert-OH is 1. The average Bonchev–Trinajstić information content (AvgIpc) is 3.10. The van der Waals surface area contributed by atoms with Crippen molar-refractivity contribution in [2.45, 2.75) is 24.5 Å². The molecule has 3 aliphatic rings. The van der Waals surface area contributed by atoms with Crippen LogP contribution in [0.3, 0.4) is 0 Å². The van der Waals surface area contributed by atoms with E-state index in [0.717, 1.165) is 29.8 Å². The molecule has 29 heavy (non-hydrogen) atoms. The molecule has 3 atom stereocenters. The Bertz CT molecular complexity index is 961. The van der Waals surface area contributed by atoms with Gasteiger partial charge in [-0.2, -0.15) is 0 Å². The number of anilines is 1. The summed E-state index contributed by atoms with van der Waals surface area (Å²) in [6, 6.07) is 9.13. The van der Waals surface area contributed by atoms with E-state index in [0.29, 0.717) is 18.0 Å². The zero-order chi connectivity index (χ0) is 20.0. The summed E-state index contributed by atoms with van der Waals surface area (Å²) in [7, 11) is 0. The van der Waals surface area contributed by atoms with Crippen LogP contribution in [0.5, 0.6) is 5.75 Å². The Balaban J connectivity index is 1.41. The summed E-state index contributed by atoms with van der Waals surface area (Å²) >= 11 is 0. The minimum atomic E-state index is -0.579. The molecule has 8 nitrogen and oxygen atoms in total. The van der Waals surface area contributed by atoms with Gasteiger partial charge in [-0.1, -0.05) is 12.1 Å². The van der Waals surface area contributed by atoms with E-state index in [9.17, 15) is 14.7 Å². The third-order valence-corrected chi connectivity index (χ3v) is 5.79. The second kappa shape index (κ2) is 7.13. The lowest BCUT2D eigenvalue weighted by molar-refractivity contribution is -0.120. The summed E-state index contributed by atoms with van der Waals surface area (Å²) < 4.78 is 11.1. The van der Waals surface area contributed by atoms with Gasteiger partial charge in [0.15, 0.2) is 11.9 Å². The van der Waals surface area contributed by atoms with Crippen LogP contribution in [0.1, 0.15) is 18.0 Å². The number of hydrogen-bond donors (Lipinski definition) is 2. The largest absolute Gasteiger partial charge is 0.489 e. The lowest BCUT2D eigenvalue weighted by atomic mass is 9.92. The molecule has 8 heteroatoms. The Labute approximate surface area is 167 Å². The van der Waals surface area contributed by atoms with Crippen LogP contribution >= 0.6 is 0 Å². The highest BCUT2D eigenvalue weighted by atomic mass is 16.6. The number of aliphatic hydroxyl groups is 1. The fraction of sp³-hybridized carbons (Fsp3) is 0.381. The van der Waals surface area contributed by atoms with Crippen LogP contribution in [0.25, 0.3) is 11.1 Å². The second-order valence-electron chi connectivity index (χ2n) is 7.49. The quantitative estimate of drug-likeness (QED) is 0.812. The fourth-order valence-electron chi connectivity index (χ4n) is 4.20. The maximum atomic E-state index is 12.2. The highest BCUT2D eigenvalue weighted by molar-refractivity contribution is 5.94. The Morgan fingerprint density at radius 1 is 1.21 bits per heavy atom. The Morgan fingerprint density at radius 3 is 2.83 bits per heavy atom. The van der Waals surface area contributed by atoms with Gasteiger partial charge in [0.2, 0.25) is 0 Å². The molecule has 2 saturated heterocycles. The maximum Gasteiger partial charge on any atom is 0.415 e. The van der Waals surface area contributed by atoms with E-state index in [2.05, 4.69) is 10.3 Å². The third kappa shape index (κ3) is 3.04. The summed E-state index contributed by atoms with van der Waals surface area (Å²) in [5.41, 5.74) is 3.24. The van der Waals surface area contributed by atoms with Crippen molar-refractivity contribution in [2.24, 2.45) is 0 Å². The second-order valence-corrected chi connectivity index (χ2v) is 7.49. The number of rotatable bonds is 3. The van der Waals surface area contributed by atoms with Crippen molar-refractivity contribution in [3.63, 3.8) is 0 Å². The summed E-state index contributed by atoms with van der Waals surface area (Å²) in [5, 5.41) is 12.5. The first-order valence-corrected chi connectivity index (χ1v) is 9.73. The molecule has 0 bridgehead atoms. The normalized spacial score (nSPS) is 25.8. The molecule has 1 unspecified atom stereocenters. The van der Waals surface area contributed by atoms with Gasteiger partial charge in [0.05, 0.1) is 30.5 Å². The number of nitrogens with zero attached hydrogens (tertiary/aromatic N) is 2. The number of Topliss-reactive ketones (excluding diaryl/α,β-unsaturated/α-hetero) is 1. The average molecular weight is 395 g/mol. The minimum absolute atomic E-state index is 0.144. The number of cyclic esters (lactones) is 1. The molecular formula is C21H21N3O5. The van der Waals surface area contributed by atoms with E-state index in [-0.39, 0.29) is 31.0 Å². The van der Waals surface area contributed by atoms with E-state index in [1.54, 1.807) is 11.1 Å². The molecule has 1 amide bonds. The molecule has 5 rings (SSSR count). The Hall–Kier alpha value is -2.97. The van der Waals surface area contributed by atoms with Crippen LogP contribution in [0.2, 0.25) is 0 Å². The molecule has 2 N–H and O–H groups in total. The van der Waals surface area contributed by atoms with Gasteiger partial charge in [0, 0.05) is 11.8 Å². The summed E-state index contributed by atoms with van der Waals surface area (Å²) in [6.07, 6.45) is 1.48. The summed E-state index contributed by atoms with van der Waals surface area (Å²) in [5.74, 6) is 0.619. The molecule has 2 aromatic rings. The van der Waals surface area contributed by atoms with E-state index >= 15 is 0 Å². The van der Waals surface area contributed by atoms with E-state index in [1.807, 2.05) is 30.3 Å². The zero-order valence-corrected chi connectivity index (χ0v) is 15.7. The number of fused-ring (bicyclic) bond motifs is 3. The van der Waals surface area contributed by atoms with Gasteiger partial charge < -0.3 is 19.9 Å². The maximum absolute atomic E-state index is 12.2. The number of piperidine rings is 1. The number of aromatic nitrogens is 1.